The molecule has 0 aromatic heterocycles. The second-order valence-electron chi connectivity index (χ2n) is 7.95. The average molecular weight is 497 g/mol. The molecule has 1 unspecified atom stereocenters. The highest BCUT2D eigenvalue weighted by atomic mass is 19.4. The van der Waals surface area contributed by atoms with Gasteiger partial charge in [0.25, 0.3) is 11.7 Å². The van der Waals surface area contributed by atoms with Gasteiger partial charge in [-0.3, -0.25) is 14.5 Å². The zero-order valence-electron chi connectivity index (χ0n) is 19.4. The summed E-state index contributed by atoms with van der Waals surface area (Å²) in [4.78, 5) is 27.4. The first-order chi connectivity index (χ1) is 17.2. The molecule has 3 aromatic rings. The van der Waals surface area contributed by atoms with E-state index in [0.29, 0.717) is 23.7 Å². The zero-order valence-corrected chi connectivity index (χ0v) is 19.4. The molecule has 4 rings (SSSR count). The Labute approximate surface area is 205 Å². The molecule has 186 valence electrons. The molecule has 1 saturated heterocycles. The number of anilines is 1. The molecule has 1 heterocycles. The minimum Gasteiger partial charge on any atom is -0.507 e. The molecule has 1 N–H and O–H groups in total. The minimum absolute atomic E-state index is 0.137. The number of benzene rings is 3. The SMILES string of the molecule is CCOc1cccc(/C(O)=C2\C(=O)C(=O)N(c3cccc(C(F)(F)F)c3)C2c2cccc(OC)c2)c1. The number of carbonyl (C=O) groups is 2. The molecule has 0 radical (unpaired) electrons. The van der Waals surface area contributed by atoms with E-state index in [1.165, 1.54) is 25.3 Å². The van der Waals surface area contributed by atoms with E-state index in [9.17, 15) is 27.9 Å². The number of ketones is 1. The summed E-state index contributed by atoms with van der Waals surface area (Å²) in [6, 6.07) is 15.7. The fraction of sp³-hybridized carbons (Fsp3) is 0.185. The number of Topliss-reactive ketones (excluding diaryl/α,β-unsaturated/α-hetero) is 1. The Hall–Kier alpha value is -4.27. The summed E-state index contributed by atoms with van der Waals surface area (Å²) >= 11 is 0. The molecule has 0 bridgehead atoms. The number of ether oxygens (including phenoxy) is 2. The summed E-state index contributed by atoms with van der Waals surface area (Å²) in [6.07, 6.45) is -4.66. The largest absolute Gasteiger partial charge is 0.507 e. The van der Waals surface area contributed by atoms with Gasteiger partial charge in [-0.25, -0.2) is 0 Å². The van der Waals surface area contributed by atoms with Crippen molar-refractivity contribution in [2.75, 3.05) is 18.6 Å². The third kappa shape index (κ3) is 4.64. The molecular weight excluding hydrogens is 475 g/mol. The number of amides is 1. The van der Waals surface area contributed by atoms with Crippen LogP contribution in [0.2, 0.25) is 0 Å². The van der Waals surface area contributed by atoms with Gasteiger partial charge < -0.3 is 14.6 Å². The number of rotatable bonds is 6. The molecule has 36 heavy (non-hydrogen) atoms. The molecule has 3 aromatic carbocycles. The van der Waals surface area contributed by atoms with Crippen molar-refractivity contribution in [1.29, 1.82) is 0 Å². The fourth-order valence-electron chi connectivity index (χ4n) is 4.11. The minimum atomic E-state index is -4.66. The van der Waals surface area contributed by atoms with Crippen LogP contribution >= 0.6 is 0 Å². The van der Waals surface area contributed by atoms with Crippen LogP contribution in [0, 0.1) is 0 Å². The summed E-state index contributed by atoms with van der Waals surface area (Å²) in [5.41, 5.74) is -0.791. The molecule has 1 atom stereocenters. The molecule has 9 heteroatoms. The second kappa shape index (κ2) is 9.77. The first-order valence-corrected chi connectivity index (χ1v) is 11.0. The van der Waals surface area contributed by atoms with E-state index >= 15 is 0 Å². The van der Waals surface area contributed by atoms with Gasteiger partial charge in [-0.1, -0.05) is 30.3 Å². The number of carbonyl (C=O) groups excluding carboxylic acids is 2. The number of methoxy groups -OCH3 is 1. The lowest BCUT2D eigenvalue weighted by molar-refractivity contribution is -0.137. The Morgan fingerprint density at radius 2 is 1.67 bits per heavy atom. The van der Waals surface area contributed by atoms with Crippen molar-refractivity contribution in [3.8, 4) is 11.5 Å². The smallest absolute Gasteiger partial charge is 0.416 e. The summed E-state index contributed by atoms with van der Waals surface area (Å²) in [7, 11) is 1.43. The van der Waals surface area contributed by atoms with Crippen molar-refractivity contribution < 1.29 is 37.3 Å². The van der Waals surface area contributed by atoms with E-state index in [1.807, 2.05) is 0 Å². The van der Waals surface area contributed by atoms with Crippen LogP contribution in [0.5, 0.6) is 11.5 Å². The van der Waals surface area contributed by atoms with Crippen LogP contribution in [0.4, 0.5) is 18.9 Å². The summed E-state index contributed by atoms with van der Waals surface area (Å²) in [5.74, 6) is -1.73. The standard InChI is InChI=1S/C27H22F3NO5/c1-3-36-21-12-5-8-17(14-21)24(32)22-23(16-7-4-11-20(13-16)35-2)31(26(34)25(22)33)19-10-6-9-18(15-19)27(28,29)30/h4-15,23,32H,3H2,1-2H3/b24-22+. The summed E-state index contributed by atoms with van der Waals surface area (Å²) < 4.78 is 51.0. The normalized spacial score (nSPS) is 17.4. The number of halogens is 3. The van der Waals surface area contributed by atoms with Gasteiger partial charge in [0.15, 0.2) is 0 Å². The highest BCUT2D eigenvalue weighted by molar-refractivity contribution is 6.51. The number of hydrogen-bond donors (Lipinski definition) is 1. The number of aliphatic hydroxyl groups is 1. The van der Waals surface area contributed by atoms with Gasteiger partial charge in [0.05, 0.1) is 30.9 Å². The average Bonchev–Trinajstić information content (AvgIpc) is 3.14. The Balaban J connectivity index is 1.95. The molecule has 0 aliphatic carbocycles. The Kier molecular flexibility index (Phi) is 6.74. The maximum Gasteiger partial charge on any atom is 0.416 e. The van der Waals surface area contributed by atoms with Crippen molar-refractivity contribution in [2.45, 2.75) is 19.1 Å². The first-order valence-electron chi connectivity index (χ1n) is 11.0. The quantitative estimate of drug-likeness (QED) is 0.267. The highest BCUT2D eigenvalue weighted by Crippen LogP contribution is 2.44. The van der Waals surface area contributed by atoms with Crippen LogP contribution in [-0.2, 0) is 15.8 Å². The molecule has 1 amide bonds. The van der Waals surface area contributed by atoms with Crippen LogP contribution in [0.1, 0.15) is 29.7 Å². The van der Waals surface area contributed by atoms with Gasteiger partial charge >= 0.3 is 6.18 Å². The van der Waals surface area contributed by atoms with Crippen LogP contribution in [-0.4, -0.2) is 30.5 Å². The topological polar surface area (TPSA) is 76.1 Å². The molecule has 1 aliphatic rings. The Morgan fingerprint density at radius 3 is 2.36 bits per heavy atom. The first kappa shape index (κ1) is 24.8. The van der Waals surface area contributed by atoms with E-state index in [2.05, 4.69) is 0 Å². The van der Waals surface area contributed by atoms with Gasteiger partial charge in [0.2, 0.25) is 0 Å². The van der Waals surface area contributed by atoms with Crippen LogP contribution < -0.4 is 14.4 Å². The maximum atomic E-state index is 13.4. The Bertz CT molecular complexity index is 1350. The highest BCUT2D eigenvalue weighted by Gasteiger charge is 2.47. The predicted molar refractivity (Wildman–Crippen MR) is 127 cm³/mol. The van der Waals surface area contributed by atoms with Gasteiger partial charge in [0, 0.05) is 11.3 Å². The second-order valence-corrected chi connectivity index (χ2v) is 7.95. The maximum absolute atomic E-state index is 13.4. The number of aliphatic hydroxyl groups excluding tert-OH is 1. The number of hydrogen-bond acceptors (Lipinski definition) is 5. The molecule has 1 fully saturated rings. The predicted octanol–water partition coefficient (Wildman–Crippen LogP) is 5.74. The van der Waals surface area contributed by atoms with E-state index in [4.69, 9.17) is 9.47 Å². The summed E-state index contributed by atoms with van der Waals surface area (Å²) in [5, 5.41) is 11.2. The number of nitrogens with zero attached hydrogens (tertiary/aromatic N) is 1. The Morgan fingerprint density at radius 1 is 0.972 bits per heavy atom. The van der Waals surface area contributed by atoms with E-state index < -0.39 is 35.2 Å². The number of alkyl halides is 3. The van der Waals surface area contributed by atoms with Crippen LogP contribution in [0.3, 0.4) is 0 Å². The molecule has 1 aliphatic heterocycles. The van der Waals surface area contributed by atoms with Crippen molar-refractivity contribution in [2.24, 2.45) is 0 Å². The summed E-state index contributed by atoms with van der Waals surface area (Å²) in [6.45, 7) is 2.16. The lowest BCUT2D eigenvalue weighted by Crippen LogP contribution is -2.29. The van der Waals surface area contributed by atoms with Gasteiger partial charge in [-0.2, -0.15) is 13.2 Å². The van der Waals surface area contributed by atoms with Gasteiger partial charge in [-0.15, -0.1) is 0 Å². The zero-order chi connectivity index (χ0) is 26.0. The lowest BCUT2D eigenvalue weighted by atomic mass is 9.95. The molecule has 0 saturated carbocycles. The third-order valence-electron chi connectivity index (χ3n) is 5.72. The van der Waals surface area contributed by atoms with Crippen LogP contribution in [0.15, 0.2) is 78.4 Å². The van der Waals surface area contributed by atoms with E-state index in [-0.39, 0.29) is 16.8 Å². The lowest BCUT2D eigenvalue weighted by Gasteiger charge is -2.26. The van der Waals surface area contributed by atoms with Crippen molar-refractivity contribution in [1.82, 2.24) is 0 Å². The van der Waals surface area contributed by atoms with Gasteiger partial charge in [0.1, 0.15) is 17.3 Å². The van der Waals surface area contributed by atoms with Gasteiger partial charge in [-0.05, 0) is 55.0 Å². The monoisotopic (exact) mass is 497 g/mol. The van der Waals surface area contributed by atoms with Crippen molar-refractivity contribution in [3.63, 3.8) is 0 Å². The van der Waals surface area contributed by atoms with E-state index in [0.717, 1.165) is 23.1 Å². The van der Waals surface area contributed by atoms with E-state index in [1.54, 1.807) is 43.3 Å². The van der Waals surface area contributed by atoms with Crippen molar-refractivity contribution >= 4 is 23.1 Å². The van der Waals surface area contributed by atoms with Crippen LogP contribution in [0.25, 0.3) is 5.76 Å². The van der Waals surface area contributed by atoms with Crippen molar-refractivity contribution in [3.05, 3.63) is 95.1 Å². The fourth-order valence-corrected chi connectivity index (χ4v) is 4.11. The third-order valence-corrected chi connectivity index (χ3v) is 5.72. The molecule has 6 nitrogen and oxygen atoms in total. The molecular formula is C27H22F3NO5. The molecule has 0 spiro atoms.